The number of aromatic carboxylic acids is 1. The summed E-state index contributed by atoms with van der Waals surface area (Å²) in [6.45, 7) is 2.01. The number of benzene rings is 2. The number of nitrogens with one attached hydrogen (secondary N) is 1. The first kappa shape index (κ1) is 22.3. The number of halogens is 1. The lowest BCUT2D eigenvalue weighted by molar-refractivity contribution is -0.115. The highest BCUT2D eigenvalue weighted by atomic mass is 35.5. The quantitative estimate of drug-likeness (QED) is 0.466. The Hall–Kier alpha value is -3.34. The van der Waals surface area contributed by atoms with Gasteiger partial charge < -0.3 is 10.4 Å². The Morgan fingerprint density at radius 3 is 2.58 bits per heavy atom. The molecule has 8 heteroatoms. The van der Waals surface area contributed by atoms with Crippen molar-refractivity contribution in [3.8, 4) is 17.3 Å². The van der Waals surface area contributed by atoms with E-state index in [1.807, 2.05) is 31.2 Å². The molecule has 156 valence electrons. The fourth-order valence-corrected chi connectivity index (χ4v) is 3.86. The predicted molar refractivity (Wildman–Crippen MR) is 122 cm³/mol. The van der Waals surface area contributed by atoms with E-state index >= 15 is 0 Å². The van der Waals surface area contributed by atoms with Crippen LogP contribution < -0.4 is 5.32 Å². The summed E-state index contributed by atoms with van der Waals surface area (Å²) in [5, 5.41) is 21.8. The van der Waals surface area contributed by atoms with E-state index in [1.54, 1.807) is 18.2 Å². The summed E-state index contributed by atoms with van der Waals surface area (Å²) in [6, 6.07) is 17.9. The van der Waals surface area contributed by atoms with Crippen molar-refractivity contribution >= 4 is 40.9 Å². The second-order valence-electron chi connectivity index (χ2n) is 6.67. The number of anilines is 1. The highest BCUT2D eigenvalue weighted by molar-refractivity contribution is 7.99. The van der Waals surface area contributed by atoms with Crippen LogP contribution in [0.3, 0.4) is 0 Å². The molecule has 0 aliphatic heterocycles. The second-order valence-corrected chi connectivity index (χ2v) is 8.16. The Labute approximate surface area is 188 Å². The first-order valence-corrected chi connectivity index (χ1v) is 10.7. The number of hydrogen-bond donors (Lipinski definition) is 2. The lowest BCUT2D eigenvalue weighted by Gasteiger charge is -2.09. The lowest BCUT2D eigenvalue weighted by Crippen LogP contribution is -2.13. The van der Waals surface area contributed by atoms with E-state index in [1.165, 1.54) is 23.9 Å². The molecule has 0 aliphatic rings. The second kappa shape index (κ2) is 10.1. The van der Waals surface area contributed by atoms with Gasteiger partial charge in [0.25, 0.3) is 0 Å². The fourth-order valence-electron chi connectivity index (χ4n) is 2.75. The van der Waals surface area contributed by atoms with Crippen molar-refractivity contribution in [2.45, 2.75) is 18.4 Å². The van der Waals surface area contributed by atoms with Gasteiger partial charge in [-0.25, -0.2) is 9.78 Å². The van der Waals surface area contributed by atoms with Gasteiger partial charge in [0.2, 0.25) is 5.91 Å². The Morgan fingerprint density at radius 2 is 1.90 bits per heavy atom. The molecule has 3 aromatic rings. The van der Waals surface area contributed by atoms with Gasteiger partial charge in [-0.1, -0.05) is 41.4 Å². The van der Waals surface area contributed by atoms with Gasteiger partial charge in [-0.2, -0.15) is 5.26 Å². The molecule has 0 fully saturated rings. The largest absolute Gasteiger partial charge is 0.478 e. The number of amides is 1. The third kappa shape index (κ3) is 5.85. The Kier molecular flexibility index (Phi) is 7.29. The van der Waals surface area contributed by atoms with Crippen LogP contribution in [0.2, 0.25) is 5.02 Å². The van der Waals surface area contributed by atoms with E-state index in [0.29, 0.717) is 22.0 Å². The molecule has 0 aliphatic carbocycles. The van der Waals surface area contributed by atoms with Gasteiger partial charge in [0, 0.05) is 23.4 Å². The van der Waals surface area contributed by atoms with Crippen molar-refractivity contribution in [2.24, 2.45) is 0 Å². The number of carbonyl (C=O) groups is 2. The van der Waals surface area contributed by atoms with Crippen LogP contribution in [-0.4, -0.2) is 27.7 Å². The Bertz CT molecular complexity index is 1170. The standard InChI is InChI=1S/C23H18ClN3O3S/c1-14-2-4-15(5-3-14)20-9-6-16(13-25)22(27-20)31-11-10-21(28)26-17-7-8-19(24)18(12-17)23(29)30/h2-9,12H,10-11H2,1H3,(H,26,28)(H,29,30). The summed E-state index contributed by atoms with van der Waals surface area (Å²) in [6.07, 6.45) is 0.164. The molecular weight excluding hydrogens is 434 g/mol. The van der Waals surface area contributed by atoms with Crippen molar-refractivity contribution < 1.29 is 14.7 Å². The van der Waals surface area contributed by atoms with Crippen LogP contribution in [-0.2, 0) is 4.79 Å². The minimum absolute atomic E-state index is 0.0791. The van der Waals surface area contributed by atoms with Gasteiger partial charge in [-0.05, 0) is 37.3 Å². The van der Waals surface area contributed by atoms with Crippen LogP contribution in [0, 0.1) is 18.3 Å². The zero-order chi connectivity index (χ0) is 22.4. The van der Waals surface area contributed by atoms with E-state index in [0.717, 1.165) is 16.8 Å². The molecule has 2 N–H and O–H groups in total. The third-order valence-electron chi connectivity index (χ3n) is 4.38. The highest BCUT2D eigenvalue weighted by Crippen LogP contribution is 2.26. The average molecular weight is 452 g/mol. The van der Waals surface area contributed by atoms with E-state index in [4.69, 9.17) is 16.7 Å². The summed E-state index contributed by atoms with van der Waals surface area (Å²) in [4.78, 5) is 28.0. The number of rotatable bonds is 7. The highest BCUT2D eigenvalue weighted by Gasteiger charge is 2.12. The molecule has 1 amide bonds. The van der Waals surface area contributed by atoms with Crippen LogP contribution in [0.1, 0.15) is 27.9 Å². The number of hydrogen-bond acceptors (Lipinski definition) is 5. The number of nitrogens with zero attached hydrogens (tertiary/aromatic N) is 2. The first-order chi connectivity index (χ1) is 14.9. The number of aromatic nitrogens is 1. The minimum atomic E-state index is -1.17. The normalized spacial score (nSPS) is 10.4. The number of thioether (sulfide) groups is 1. The van der Waals surface area contributed by atoms with Gasteiger partial charge >= 0.3 is 5.97 Å². The van der Waals surface area contributed by atoms with Crippen LogP contribution in [0.5, 0.6) is 0 Å². The number of aryl methyl sites for hydroxylation is 1. The SMILES string of the molecule is Cc1ccc(-c2ccc(C#N)c(SCCC(=O)Nc3ccc(Cl)c(C(=O)O)c3)n2)cc1. The summed E-state index contributed by atoms with van der Waals surface area (Å²) in [5.41, 5.74) is 3.58. The molecule has 0 bridgehead atoms. The van der Waals surface area contributed by atoms with Crippen LogP contribution >= 0.6 is 23.4 Å². The van der Waals surface area contributed by atoms with Gasteiger partial charge in [0.05, 0.1) is 21.8 Å². The van der Waals surface area contributed by atoms with E-state index in [2.05, 4.69) is 16.4 Å². The first-order valence-electron chi connectivity index (χ1n) is 9.31. The van der Waals surface area contributed by atoms with Gasteiger partial charge in [0.1, 0.15) is 11.1 Å². The number of carboxylic acid groups (broad SMARTS) is 1. The monoisotopic (exact) mass is 451 g/mol. The van der Waals surface area contributed by atoms with Crippen LogP contribution in [0.15, 0.2) is 59.6 Å². The topological polar surface area (TPSA) is 103 Å². The summed E-state index contributed by atoms with van der Waals surface area (Å²) < 4.78 is 0. The molecule has 2 aromatic carbocycles. The number of pyridine rings is 1. The van der Waals surface area contributed by atoms with Crippen LogP contribution in [0.4, 0.5) is 5.69 Å². The van der Waals surface area contributed by atoms with Gasteiger partial charge in [-0.3, -0.25) is 4.79 Å². The molecule has 31 heavy (non-hydrogen) atoms. The average Bonchev–Trinajstić information content (AvgIpc) is 2.75. The number of carbonyl (C=O) groups excluding carboxylic acids is 1. The molecule has 0 unspecified atom stereocenters. The van der Waals surface area contributed by atoms with Crippen molar-refractivity contribution in [3.63, 3.8) is 0 Å². The van der Waals surface area contributed by atoms with Gasteiger partial charge in [0.15, 0.2) is 0 Å². The van der Waals surface area contributed by atoms with Crippen molar-refractivity contribution in [2.75, 3.05) is 11.1 Å². The van der Waals surface area contributed by atoms with Crippen molar-refractivity contribution in [1.29, 1.82) is 5.26 Å². The maximum atomic E-state index is 12.3. The summed E-state index contributed by atoms with van der Waals surface area (Å²) in [7, 11) is 0. The van der Waals surface area contributed by atoms with E-state index in [-0.39, 0.29) is 22.9 Å². The zero-order valence-electron chi connectivity index (χ0n) is 16.6. The van der Waals surface area contributed by atoms with Gasteiger partial charge in [-0.15, -0.1) is 11.8 Å². The van der Waals surface area contributed by atoms with Crippen molar-refractivity contribution in [3.05, 3.63) is 76.3 Å². The van der Waals surface area contributed by atoms with E-state index < -0.39 is 5.97 Å². The Balaban J connectivity index is 1.64. The third-order valence-corrected chi connectivity index (χ3v) is 5.70. The Morgan fingerprint density at radius 1 is 1.16 bits per heavy atom. The zero-order valence-corrected chi connectivity index (χ0v) is 18.1. The molecule has 1 aromatic heterocycles. The minimum Gasteiger partial charge on any atom is -0.478 e. The number of carboxylic acids is 1. The molecule has 3 rings (SSSR count). The van der Waals surface area contributed by atoms with Crippen LogP contribution in [0.25, 0.3) is 11.3 Å². The molecule has 0 radical (unpaired) electrons. The molecule has 0 saturated carbocycles. The molecule has 1 heterocycles. The summed E-state index contributed by atoms with van der Waals surface area (Å²) >= 11 is 7.17. The summed E-state index contributed by atoms with van der Waals surface area (Å²) in [5.74, 6) is -1.04. The predicted octanol–water partition coefficient (Wildman–Crippen LogP) is 5.40. The maximum Gasteiger partial charge on any atom is 0.337 e. The van der Waals surface area contributed by atoms with E-state index in [9.17, 15) is 14.9 Å². The molecule has 6 nitrogen and oxygen atoms in total. The number of nitriles is 1. The smallest absolute Gasteiger partial charge is 0.337 e. The van der Waals surface area contributed by atoms with Crippen molar-refractivity contribution in [1.82, 2.24) is 4.98 Å². The molecular formula is C23H18ClN3O3S. The molecule has 0 saturated heterocycles. The lowest BCUT2D eigenvalue weighted by atomic mass is 10.1. The molecule has 0 spiro atoms. The maximum absolute atomic E-state index is 12.3. The molecule has 0 atom stereocenters. The fraction of sp³-hybridized carbons (Fsp3) is 0.130.